The number of hydrogen-bond donors (Lipinski definition) is 1. The van der Waals surface area contributed by atoms with Gasteiger partial charge in [0.2, 0.25) is 5.88 Å². The lowest BCUT2D eigenvalue weighted by molar-refractivity contribution is 0.393. The van der Waals surface area contributed by atoms with Gasteiger partial charge < -0.3 is 14.5 Å². The Balaban J connectivity index is 2.33. The molecule has 0 radical (unpaired) electrons. The van der Waals surface area contributed by atoms with E-state index in [0.29, 0.717) is 5.88 Å². The van der Waals surface area contributed by atoms with E-state index in [2.05, 4.69) is 15.3 Å². The second kappa shape index (κ2) is 4.76. The lowest BCUT2D eigenvalue weighted by Crippen LogP contribution is -2.18. The maximum Gasteiger partial charge on any atom is 0.216 e. The Hall–Kier alpha value is -1.88. The monoisotopic (exact) mass is 219 g/mol. The molecule has 0 spiro atoms. The number of nitrogens with zero attached hydrogens (tertiary/aromatic N) is 2. The summed E-state index contributed by atoms with van der Waals surface area (Å²) in [6, 6.07) is 5.43. The molecule has 0 aliphatic heterocycles. The summed E-state index contributed by atoms with van der Waals surface area (Å²) in [5.74, 6) is 1.35. The lowest BCUT2D eigenvalue weighted by atomic mass is 10.1. The van der Waals surface area contributed by atoms with Crippen LogP contribution in [0, 0.1) is 0 Å². The van der Waals surface area contributed by atoms with Crippen LogP contribution in [-0.2, 0) is 0 Å². The molecule has 0 bridgehead atoms. The van der Waals surface area contributed by atoms with Crippen molar-refractivity contribution >= 4 is 0 Å². The Morgan fingerprint density at radius 2 is 2.31 bits per heavy atom. The molecule has 1 unspecified atom stereocenters. The number of furan rings is 1. The summed E-state index contributed by atoms with van der Waals surface area (Å²) in [5.41, 5.74) is 0.810. The molecule has 0 saturated carbocycles. The maximum atomic E-state index is 5.35. The number of methoxy groups -OCH3 is 1. The summed E-state index contributed by atoms with van der Waals surface area (Å²) in [5, 5.41) is 3.13. The first-order valence-electron chi connectivity index (χ1n) is 4.91. The summed E-state index contributed by atoms with van der Waals surface area (Å²) in [6.07, 6.45) is 3.11. The first-order chi connectivity index (χ1) is 7.85. The molecule has 0 aromatic carbocycles. The van der Waals surface area contributed by atoms with E-state index in [9.17, 15) is 0 Å². The van der Waals surface area contributed by atoms with E-state index >= 15 is 0 Å². The Morgan fingerprint density at radius 1 is 1.44 bits per heavy atom. The fourth-order valence-corrected chi connectivity index (χ4v) is 1.51. The average molecular weight is 219 g/mol. The number of aromatic nitrogens is 2. The standard InChI is InChI=1S/C11H13N3O2/c1-12-11(9-4-3-5-16-9)8-6-10(15-2)14-7-13-8/h3-7,11-12H,1-2H3. The molecule has 0 aliphatic rings. The molecule has 1 N–H and O–H groups in total. The lowest BCUT2D eigenvalue weighted by Gasteiger charge is -2.13. The van der Waals surface area contributed by atoms with Gasteiger partial charge >= 0.3 is 0 Å². The van der Waals surface area contributed by atoms with Gasteiger partial charge in [-0.1, -0.05) is 0 Å². The zero-order chi connectivity index (χ0) is 11.4. The fraction of sp³-hybridized carbons (Fsp3) is 0.273. The third-order valence-electron chi connectivity index (χ3n) is 2.28. The van der Waals surface area contributed by atoms with E-state index in [1.807, 2.05) is 19.2 Å². The van der Waals surface area contributed by atoms with Gasteiger partial charge in [0.15, 0.2) is 0 Å². The van der Waals surface area contributed by atoms with Crippen molar-refractivity contribution in [2.45, 2.75) is 6.04 Å². The third kappa shape index (κ3) is 2.04. The van der Waals surface area contributed by atoms with Crippen molar-refractivity contribution in [1.82, 2.24) is 15.3 Å². The maximum absolute atomic E-state index is 5.35. The van der Waals surface area contributed by atoms with Gasteiger partial charge in [0.05, 0.1) is 19.1 Å². The van der Waals surface area contributed by atoms with Gasteiger partial charge in [-0.15, -0.1) is 0 Å². The van der Waals surface area contributed by atoms with E-state index in [-0.39, 0.29) is 6.04 Å². The van der Waals surface area contributed by atoms with Gasteiger partial charge in [-0.25, -0.2) is 9.97 Å². The Bertz CT molecular complexity index is 442. The first-order valence-corrected chi connectivity index (χ1v) is 4.91. The third-order valence-corrected chi connectivity index (χ3v) is 2.28. The van der Waals surface area contributed by atoms with E-state index < -0.39 is 0 Å². The van der Waals surface area contributed by atoms with Crippen LogP contribution < -0.4 is 10.1 Å². The Morgan fingerprint density at radius 3 is 2.94 bits per heavy atom. The summed E-state index contributed by atoms with van der Waals surface area (Å²) in [7, 11) is 3.43. The molecule has 2 heterocycles. The molecule has 0 aliphatic carbocycles. The highest BCUT2D eigenvalue weighted by Crippen LogP contribution is 2.21. The molecule has 2 rings (SSSR count). The summed E-state index contributed by atoms with van der Waals surface area (Å²) < 4.78 is 10.4. The van der Waals surface area contributed by atoms with Crippen LogP contribution in [0.15, 0.2) is 35.2 Å². The molecular weight excluding hydrogens is 206 g/mol. The highest BCUT2D eigenvalue weighted by molar-refractivity contribution is 5.23. The van der Waals surface area contributed by atoms with Crippen LogP contribution in [0.1, 0.15) is 17.5 Å². The van der Waals surface area contributed by atoms with Crippen LogP contribution in [0.5, 0.6) is 5.88 Å². The summed E-state index contributed by atoms with van der Waals surface area (Å²) >= 11 is 0. The number of rotatable bonds is 4. The van der Waals surface area contributed by atoms with Gasteiger partial charge in [-0.2, -0.15) is 0 Å². The SMILES string of the molecule is CNC(c1cc(OC)ncn1)c1ccco1. The van der Waals surface area contributed by atoms with E-state index in [1.54, 1.807) is 19.4 Å². The topological polar surface area (TPSA) is 60.2 Å². The quantitative estimate of drug-likeness (QED) is 0.841. The summed E-state index contributed by atoms with van der Waals surface area (Å²) in [4.78, 5) is 8.17. The predicted octanol–water partition coefficient (Wildman–Crippen LogP) is 1.39. The summed E-state index contributed by atoms with van der Waals surface area (Å²) in [6.45, 7) is 0. The molecule has 5 heteroatoms. The van der Waals surface area contributed by atoms with Crippen LogP contribution in [0.3, 0.4) is 0 Å². The van der Waals surface area contributed by atoms with Gasteiger partial charge in [-0.3, -0.25) is 0 Å². The minimum atomic E-state index is -0.0908. The van der Waals surface area contributed by atoms with Gasteiger partial charge in [-0.05, 0) is 19.2 Å². The van der Waals surface area contributed by atoms with Crippen molar-refractivity contribution in [3.63, 3.8) is 0 Å². The Labute approximate surface area is 93.5 Å². The molecule has 0 fully saturated rings. The second-order valence-corrected chi connectivity index (χ2v) is 3.22. The minimum absolute atomic E-state index is 0.0908. The van der Waals surface area contributed by atoms with E-state index in [4.69, 9.17) is 9.15 Å². The van der Waals surface area contributed by atoms with Gasteiger partial charge in [0.1, 0.15) is 18.1 Å². The van der Waals surface area contributed by atoms with Crippen LogP contribution in [-0.4, -0.2) is 24.1 Å². The molecule has 84 valence electrons. The van der Waals surface area contributed by atoms with Crippen LogP contribution >= 0.6 is 0 Å². The first kappa shape index (κ1) is 10.6. The molecule has 2 aromatic heterocycles. The average Bonchev–Trinajstić information content (AvgIpc) is 2.84. The largest absolute Gasteiger partial charge is 0.481 e. The molecule has 2 aromatic rings. The smallest absolute Gasteiger partial charge is 0.216 e. The molecule has 0 amide bonds. The minimum Gasteiger partial charge on any atom is -0.481 e. The highest BCUT2D eigenvalue weighted by Gasteiger charge is 2.16. The predicted molar refractivity (Wildman–Crippen MR) is 58.2 cm³/mol. The van der Waals surface area contributed by atoms with Crippen LogP contribution in [0.25, 0.3) is 0 Å². The van der Waals surface area contributed by atoms with Crippen molar-refractivity contribution in [1.29, 1.82) is 0 Å². The van der Waals surface area contributed by atoms with E-state index in [1.165, 1.54) is 6.33 Å². The number of ether oxygens (including phenoxy) is 1. The van der Waals surface area contributed by atoms with Crippen molar-refractivity contribution in [2.75, 3.05) is 14.2 Å². The van der Waals surface area contributed by atoms with Gasteiger partial charge in [0.25, 0.3) is 0 Å². The molecule has 1 atom stereocenters. The van der Waals surface area contributed by atoms with Crippen molar-refractivity contribution in [3.8, 4) is 5.88 Å². The molecule has 5 nitrogen and oxygen atoms in total. The molecule has 0 saturated heterocycles. The van der Waals surface area contributed by atoms with E-state index in [0.717, 1.165) is 11.5 Å². The van der Waals surface area contributed by atoms with Crippen molar-refractivity contribution in [2.24, 2.45) is 0 Å². The van der Waals surface area contributed by atoms with Gasteiger partial charge in [0, 0.05) is 6.07 Å². The highest BCUT2D eigenvalue weighted by atomic mass is 16.5. The molecular formula is C11H13N3O2. The zero-order valence-corrected chi connectivity index (χ0v) is 9.18. The van der Waals surface area contributed by atoms with Crippen molar-refractivity contribution < 1.29 is 9.15 Å². The van der Waals surface area contributed by atoms with Crippen molar-refractivity contribution in [3.05, 3.63) is 42.2 Å². The number of hydrogen-bond acceptors (Lipinski definition) is 5. The van der Waals surface area contributed by atoms with Crippen LogP contribution in [0.4, 0.5) is 0 Å². The van der Waals surface area contributed by atoms with Crippen LogP contribution in [0.2, 0.25) is 0 Å². The number of nitrogens with one attached hydrogen (secondary N) is 1. The zero-order valence-electron chi connectivity index (χ0n) is 9.18. The Kier molecular flexibility index (Phi) is 3.16. The second-order valence-electron chi connectivity index (χ2n) is 3.22. The molecule has 16 heavy (non-hydrogen) atoms. The normalized spacial score (nSPS) is 12.4. The fourth-order valence-electron chi connectivity index (χ4n) is 1.51.